The predicted octanol–water partition coefficient (Wildman–Crippen LogP) is 1.35. The number of likely N-dealkylation sites (tertiary alicyclic amines) is 1. The zero-order valence-corrected chi connectivity index (χ0v) is 13.7. The van der Waals surface area contributed by atoms with Crippen LogP contribution in [0.4, 0.5) is 4.79 Å². The molecule has 1 amide bonds. The van der Waals surface area contributed by atoms with Gasteiger partial charge in [0.2, 0.25) is 10.0 Å². The number of sulfonamides is 1. The summed E-state index contributed by atoms with van der Waals surface area (Å²) in [4.78, 5) is 12.1. The number of hydrogen-bond acceptors (Lipinski definition) is 4. The molecule has 0 saturated carbocycles. The van der Waals surface area contributed by atoms with Crippen LogP contribution in [0, 0.1) is 0 Å². The van der Waals surface area contributed by atoms with Crippen molar-refractivity contribution in [2.24, 2.45) is 5.73 Å². The first kappa shape index (κ1) is 17.3. The maximum atomic E-state index is 12.4. The fourth-order valence-electron chi connectivity index (χ4n) is 2.43. The van der Waals surface area contributed by atoms with Gasteiger partial charge in [-0.3, -0.25) is 0 Å². The molecule has 0 aliphatic carbocycles. The fourth-order valence-corrected chi connectivity index (χ4v) is 4.43. The molecule has 7 nitrogen and oxygen atoms in total. The third-order valence-electron chi connectivity index (χ3n) is 3.44. The number of nitrogens with one attached hydrogen (secondary N) is 1. The third-order valence-corrected chi connectivity index (χ3v) is 5.67. The minimum Gasteiger partial charge on any atom is -0.465 e. The van der Waals surface area contributed by atoms with E-state index in [-0.39, 0.29) is 28.0 Å². The van der Waals surface area contributed by atoms with E-state index in [0.717, 1.165) is 4.90 Å². The van der Waals surface area contributed by atoms with Crippen LogP contribution in [0.2, 0.25) is 10.0 Å². The molecule has 10 heteroatoms. The summed E-state index contributed by atoms with van der Waals surface area (Å²) < 4.78 is 27.2. The largest absolute Gasteiger partial charge is 0.465 e. The standard InChI is InChI=1S/C12H15Cl2N3O4S/c13-7-1-2-10(14)11(3-7)22(20,21)16-8-4-9(5-15)17(6-8)12(18)19/h1-3,8-9,16H,4-6,15H2,(H,18,19)/t8-,9-/m1/s1. The maximum absolute atomic E-state index is 12.4. The van der Waals surface area contributed by atoms with Crippen LogP contribution < -0.4 is 10.5 Å². The molecule has 1 saturated heterocycles. The lowest BCUT2D eigenvalue weighted by molar-refractivity contribution is 0.141. The number of amides is 1. The lowest BCUT2D eigenvalue weighted by atomic mass is 10.2. The van der Waals surface area contributed by atoms with Crippen molar-refractivity contribution in [1.29, 1.82) is 0 Å². The summed E-state index contributed by atoms with van der Waals surface area (Å²) in [7, 11) is -3.90. The minimum absolute atomic E-state index is 0.0363. The van der Waals surface area contributed by atoms with Crippen LogP contribution in [0.15, 0.2) is 23.1 Å². The molecule has 4 N–H and O–H groups in total. The van der Waals surface area contributed by atoms with Gasteiger partial charge in [0, 0.05) is 30.2 Å². The van der Waals surface area contributed by atoms with E-state index in [2.05, 4.69) is 4.72 Å². The van der Waals surface area contributed by atoms with Crippen molar-refractivity contribution in [1.82, 2.24) is 9.62 Å². The van der Waals surface area contributed by atoms with Gasteiger partial charge in [0.05, 0.1) is 5.02 Å². The molecule has 1 aliphatic rings. The van der Waals surface area contributed by atoms with Crippen molar-refractivity contribution in [3.05, 3.63) is 28.2 Å². The van der Waals surface area contributed by atoms with Gasteiger partial charge < -0.3 is 15.7 Å². The van der Waals surface area contributed by atoms with Crippen LogP contribution in [0.25, 0.3) is 0 Å². The number of halogens is 2. The molecular weight excluding hydrogens is 353 g/mol. The number of benzene rings is 1. The average Bonchev–Trinajstić information content (AvgIpc) is 2.83. The topological polar surface area (TPSA) is 113 Å². The highest BCUT2D eigenvalue weighted by molar-refractivity contribution is 7.89. The van der Waals surface area contributed by atoms with Crippen molar-refractivity contribution in [3.63, 3.8) is 0 Å². The van der Waals surface area contributed by atoms with E-state index in [1.807, 2.05) is 0 Å². The average molecular weight is 368 g/mol. The van der Waals surface area contributed by atoms with Gasteiger partial charge in [0.25, 0.3) is 0 Å². The van der Waals surface area contributed by atoms with Crippen molar-refractivity contribution >= 4 is 39.3 Å². The third kappa shape index (κ3) is 3.64. The van der Waals surface area contributed by atoms with Gasteiger partial charge in [0.15, 0.2) is 0 Å². The monoisotopic (exact) mass is 367 g/mol. The van der Waals surface area contributed by atoms with Crippen LogP contribution in [-0.2, 0) is 10.0 Å². The zero-order valence-electron chi connectivity index (χ0n) is 11.4. The van der Waals surface area contributed by atoms with Gasteiger partial charge >= 0.3 is 6.09 Å². The molecule has 0 aromatic heterocycles. The second-order valence-corrected chi connectivity index (χ2v) is 7.48. The minimum atomic E-state index is -3.90. The Morgan fingerprint density at radius 3 is 2.68 bits per heavy atom. The summed E-state index contributed by atoms with van der Waals surface area (Å²) >= 11 is 11.7. The van der Waals surface area contributed by atoms with Crippen molar-refractivity contribution in [2.45, 2.75) is 23.4 Å². The lowest BCUT2D eigenvalue weighted by Gasteiger charge is -2.18. The molecule has 1 aliphatic heterocycles. The predicted molar refractivity (Wildman–Crippen MR) is 82.8 cm³/mol. The Bertz CT molecular complexity index is 683. The normalized spacial score (nSPS) is 22.0. The summed E-state index contributed by atoms with van der Waals surface area (Å²) in [5, 5.41) is 9.36. The molecule has 1 aromatic rings. The summed E-state index contributed by atoms with van der Waals surface area (Å²) in [6, 6.07) is 3.13. The van der Waals surface area contributed by atoms with E-state index in [1.54, 1.807) is 0 Å². The Morgan fingerprint density at radius 1 is 1.45 bits per heavy atom. The summed E-state index contributed by atoms with van der Waals surface area (Å²) in [5.74, 6) is 0. The molecule has 22 heavy (non-hydrogen) atoms. The summed E-state index contributed by atoms with van der Waals surface area (Å²) in [6.07, 6.45) is -0.821. The van der Waals surface area contributed by atoms with Gasteiger partial charge in [-0.15, -0.1) is 0 Å². The quantitative estimate of drug-likeness (QED) is 0.743. The molecule has 0 bridgehead atoms. The molecule has 2 rings (SSSR count). The highest BCUT2D eigenvalue weighted by atomic mass is 35.5. The molecule has 0 spiro atoms. The van der Waals surface area contributed by atoms with Gasteiger partial charge in [-0.25, -0.2) is 17.9 Å². The maximum Gasteiger partial charge on any atom is 0.407 e. The summed E-state index contributed by atoms with van der Waals surface area (Å²) in [6.45, 7) is 0.164. The summed E-state index contributed by atoms with van der Waals surface area (Å²) in [5.41, 5.74) is 5.52. The first-order valence-electron chi connectivity index (χ1n) is 6.41. The fraction of sp³-hybridized carbons (Fsp3) is 0.417. The van der Waals surface area contributed by atoms with Crippen LogP contribution in [0.5, 0.6) is 0 Å². The van der Waals surface area contributed by atoms with Crippen LogP contribution in [0.1, 0.15) is 6.42 Å². The molecule has 0 radical (unpaired) electrons. The van der Waals surface area contributed by atoms with Crippen LogP contribution in [-0.4, -0.2) is 49.7 Å². The Hall–Kier alpha value is -1.06. The van der Waals surface area contributed by atoms with E-state index < -0.39 is 28.2 Å². The number of nitrogens with two attached hydrogens (primary N) is 1. The molecule has 2 atom stereocenters. The van der Waals surface area contributed by atoms with E-state index in [9.17, 15) is 13.2 Å². The molecule has 1 heterocycles. The number of carbonyl (C=O) groups is 1. The van der Waals surface area contributed by atoms with Gasteiger partial charge in [-0.1, -0.05) is 23.2 Å². The highest BCUT2D eigenvalue weighted by Gasteiger charge is 2.36. The van der Waals surface area contributed by atoms with E-state index in [1.165, 1.54) is 18.2 Å². The lowest BCUT2D eigenvalue weighted by Crippen LogP contribution is -2.40. The number of rotatable bonds is 4. The number of nitrogens with zero attached hydrogens (tertiary/aromatic N) is 1. The highest BCUT2D eigenvalue weighted by Crippen LogP contribution is 2.26. The SMILES string of the molecule is NC[C@H]1C[C@@H](NS(=O)(=O)c2cc(Cl)ccc2Cl)CN1C(=O)O. The van der Waals surface area contributed by atoms with Gasteiger partial charge in [-0.2, -0.15) is 0 Å². The molecule has 1 fully saturated rings. The van der Waals surface area contributed by atoms with Crippen molar-refractivity contribution < 1.29 is 18.3 Å². The first-order chi connectivity index (χ1) is 10.2. The second kappa shape index (κ2) is 6.59. The Balaban J connectivity index is 2.20. The molecule has 1 aromatic carbocycles. The number of hydrogen-bond donors (Lipinski definition) is 3. The molecule has 0 unspecified atom stereocenters. The Morgan fingerprint density at radius 2 is 2.14 bits per heavy atom. The van der Waals surface area contributed by atoms with Gasteiger partial charge in [0.1, 0.15) is 4.90 Å². The van der Waals surface area contributed by atoms with Crippen molar-refractivity contribution in [3.8, 4) is 0 Å². The Labute approximate surface area is 138 Å². The Kier molecular flexibility index (Phi) is 5.18. The molecule has 122 valence electrons. The van der Waals surface area contributed by atoms with E-state index in [4.69, 9.17) is 34.0 Å². The van der Waals surface area contributed by atoms with Crippen molar-refractivity contribution in [2.75, 3.05) is 13.1 Å². The molecular formula is C12H15Cl2N3O4S. The van der Waals surface area contributed by atoms with E-state index in [0.29, 0.717) is 6.42 Å². The van der Waals surface area contributed by atoms with Crippen LogP contribution >= 0.6 is 23.2 Å². The number of carboxylic acid groups (broad SMARTS) is 1. The second-order valence-electron chi connectivity index (χ2n) is 4.95. The van der Waals surface area contributed by atoms with E-state index >= 15 is 0 Å². The smallest absolute Gasteiger partial charge is 0.407 e. The first-order valence-corrected chi connectivity index (χ1v) is 8.65. The van der Waals surface area contributed by atoms with Crippen LogP contribution in [0.3, 0.4) is 0 Å². The zero-order chi connectivity index (χ0) is 16.5. The van der Waals surface area contributed by atoms with Gasteiger partial charge in [-0.05, 0) is 24.6 Å².